The van der Waals surface area contributed by atoms with Crippen LogP contribution in [0.15, 0.2) is 30.3 Å². The van der Waals surface area contributed by atoms with Crippen LogP contribution in [0.4, 0.5) is 16.2 Å². The Bertz CT molecular complexity index is 800. The molecule has 0 bridgehead atoms. The maximum atomic E-state index is 12.2. The van der Waals surface area contributed by atoms with E-state index in [4.69, 9.17) is 4.74 Å². The van der Waals surface area contributed by atoms with Gasteiger partial charge in [-0.1, -0.05) is 4.88 Å². The zero-order valence-corrected chi connectivity index (χ0v) is 19.6. The van der Waals surface area contributed by atoms with Crippen LogP contribution in [0.25, 0.3) is 0 Å². The number of amides is 2. The second-order valence-electron chi connectivity index (χ2n) is 6.27. The van der Waals surface area contributed by atoms with Crippen LogP contribution >= 0.6 is 11.3 Å². The van der Waals surface area contributed by atoms with Crippen LogP contribution in [0.2, 0.25) is 0 Å². The van der Waals surface area contributed by atoms with Gasteiger partial charge in [-0.05, 0) is 37.7 Å². The van der Waals surface area contributed by atoms with E-state index in [0.29, 0.717) is 11.4 Å². The largest absolute Gasteiger partial charge is 0.442 e. The Hall–Kier alpha value is -1.48. The molecule has 7 nitrogen and oxygen atoms in total. The van der Waals surface area contributed by atoms with Crippen LogP contribution in [-0.2, 0) is 37.4 Å². The average Bonchev–Trinajstić information content (AvgIpc) is 3.31. The number of cyclic esters (lactones) is 1. The molecule has 2 aromatic rings. The number of hydrogen-bond acceptors (Lipinski definition) is 6. The van der Waals surface area contributed by atoms with Crippen LogP contribution < -0.4 is 20.9 Å². The van der Waals surface area contributed by atoms with Crippen molar-refractivity contribution in [2.45, 2.75) is 13.0 Å². The van der Waals surface area contributed by atoms with Gasteiger partial charge in [0.1, 0.15) is 6.10 Å². The molecule has 0 aliphatic carbocycles. The smallest absolute Gasteiger partial charge is 0.414 e. The SMILES string of the molecule is CNCCNc1ccc(N2C[C@H](CNC(=O)c3cc[c-]s3)OC2=O)cc1C.[Y]. The van der Waals surface area contributed by atoms with E-state index < -0.39 is 6.09 Å². The van der Waals surface area contributed by atoms with E-state index in [-0.39, 0.29) is 51.3 Å². The van der Waals surface area contributed by atoms with Gasteiger partial charge in [0.25, 0.3) is 0 Å². The van der Waals surface area contributed by atoms with Gasteiger partial charge in [-0.25, -0.2) is 4.79 Å². The topological polar surface area (TPSA) is 82.7 Å². The number of carbonyl (C=O) groups excluding carboxylic acids is 2. The van der Waals surface area contributed by atoms with E-state index in [1.807, 2.05) is 32.2 Å². The van der Waals surface area contributed by atoms with E-state index in [0.717, 1.165) is 30.0 Å². The maximum absolute atomic E-state index is 12.2. The van der Waals surface area contributed by atoms with Crippen molar-refractivity contribution in [3.63, 3.8) is 0 Å². The number of carbonyl (C=O) groups is 2. The second kappa shape index (κ2) is 10.9. The quantitative estimate of drug-likeness (QED) is 0.402. The monoisotopic (exact) mass is 476 g/mol. The first-order valence-electron chi connectivity index (χ1n) is 8.80. The summed E-state index contributed by atoms with van der Waals surface area (Å²) in [5, 5.41) is 12.1. The van der Waals surface area contributed by atoms with E-state index in [1.54, 1.807) is 17.0 Å². The summed E-state index contributed by atoms with van der Waals surface area (Å²) in [5.74, 6) is -0.177. The average molecular weight is 476 g/mol. The Labute approximate surface area is 194 Å². The number of nitrogens with one attached hydrogen (secondary N) is 3. The van der Waals surface area contributed by atoms with Crippen molar-refractivity contribution in [3.8, 4) is 0 Å². The third-order valence-electron chi connectivity index (χ3n) is 4.27. The second-order valence-corrected chi connectivity index (χ2v) is 7.15. The third kappa shape index (κ3) is 5.76. The fraction of sp³-hybridized carbons (Fsp3) is 0.368. The summed E-state index contributed by atoms with van der Waals surface area (Å²) in [4.78, 5) is 26.4. The van der Waals surface area contributed by atoms with E-state index >= 15 is 0 Å². The van der Waals surface area contributed by atoms with Crippen LogP contribution in [0.3, 0.4) is 0 Å². The Kier molecular flexibility index (Phi) is 8.88. The molecule has 1 aliphatic heterocycles. The minimum absolute atomic E-state index is 0. The number of likely N-dealkylation sites (N-methyl/N-ethyl adjacent to an activating group) is 1. The molecule has 1 atom stereocenters. The van der Waals surface area contributed by atoms with Crippen molar-refractivity contribution in [1.29, 1.82) is 0 Å². The molecule has 0 spiro atoms. The van der Waals surface area contributed by atoms with Gasteiger partial charge in [0.15, 0.2) is 5.91 Å². The molecule has 28 heavy (non-hydrogen) atoms. The molecule has 9 heteroatoms. The number of hydrogen-bond donors (Lipinski definition) is 3. The standard InChI is InChI=1S/C19H23N4O3S.Y/c1-13-10-14(5-6-16(13)21-8-7-20-2)23-12-15(26-19(23)25)11-22-18(24)17-4-3-9-27-17;/h3-6,10,15,20-21H,7-8,11-12H2,1-2H3,(H,22,24);/q-1;/t15-;/m0./s1. The summed E-state index contributed by atoms with van der Waals surface area (Å²) in [6.45, 7) is 4.38. The van der Waals surface area contributed by atoms with Gasteiger partial charge in [-0.2, -0.15) is 12.1 Å². The number of ether oxygens (including phenoxy) is 1. The van der Waals surface area contributed by atoms with Gasteiger partial charge >= 0.3 is 6.09 Å². The molecule has 147 valence electrons. The molecule has 1 radical (unpaired) electrons. The van der Waals surface area contributed by atoms with Crippen molar-refractivity contribution in [2.75, 3.05) is 43.4 Å². The molecule has 2 heterocycles. The predicted molar refractivity (Wildman–Crippen MR) is 107 cm³/mol. The molecular weight excluding hydrogens is 453 g/mol. The molecule has 3 N–H and O–H groups in total. The summed E-state index contributed by atoms with van der Waals surface area (Å²) in [6.07, 6.45) is -0.770. The van der Waals surface area contributed by atoms with Crippen LogP contribution in [0, 0.1) is 12.3 Å². The molecule has 0 unspecified atom stereocenters. The van der Waals surface area contributed by atoms with Gasteiger partial charge in [0, 0.05) is 57.2 Å². The molecule has 1 aromatic heterocycles. The van der Waals surface area contributed by atoms with Gasteiger partial charge in [-0.3, -0.25) is 21.0 Å². The van der Waals surface area contributed by atoms with Gasteiger partial charge in [0.2, 0.25) is 0 Å². The van der Waals surface area contributed by atoms with Gasteiger partial charge in [0.05, 0.1) is 13.1 Å². The van der Waals surface area contributed by atoms with E-state index in [1.165, 1.54) is 11.3 Å². The molecule has 1 aromatic carbocycles. The number of thiophene rings is 1. The maximum Gasteiger partial charge on any atom is 0.414 e. The Morgan fingerprint density at radius 3 is 2.86 bits per heavy atom. The minimum Gasteiger partial charge on any atom is -0.442 e. The first-order chi connectivity index (χ1) is 13.1. The van der Waals surface area contributed by atoms with Crippen LogP contribution in [0.1, 0.15) is 15.2 Å². The molecule has 1 fully saturated rings. The first kappa shape index (κ1) is 22.8. The zero-order valence-electron chi connectivity index (χ0n) is 16.0. The van der Waals surface area contributed by atoms with Gasteiger partial charge < -0.3 is 20.7 Å². The van der Waals surface area contributed by atoms with E-state index in [2.05, 4.69) is 21.3 Å². The zero-order chi connectivity index (χ0) is 19.2. The number of benzene rings is 1. The Morgan fingerprint density at radius 1 is 1.36 bits per heavy atom. The number of rotatable bonds is 8. The number of anilines is 2. The fourth-order valence-electron chi connectivity index (χ4n) is 2.83. The van der Waals surface area contributed by atoms with Crippen molar-refractivity contribution in [2.24, 2.45) is 0 Å². The molecule has 2 amide bonds. The normalized spacial score (nSPS) is 15.7. The summed E-state index contributed by atoms with van der Waals surface area (Å²) in [5.41, 5.74) is 2.89. The predicted octanol–water partition coefficient (Wildman–Crippen LogP) is 2.24. The van der Waals surface area contributed by atoms with Crippen molar-refractivity contribution >= 4 is 34.7 Å². The van der Waals surface area contributed by atoms with Crippen molar-refractivity contribution in [3.05, 3.63) is 46.2 Å². The summed E-state index contributed by atoms with van der Waals surface area (Å²) >= 11 is 1.26. The van der Waals surface area contributed by atoms with Gasteiger partial charge in [-0.15, -0.1) is 5.38 Å². The first-order valence-corrected chi connectivity index (χ1v) is 9.61. The Balaban J connectivity index is 0.00000280. The Morgan fingerprint density at radius 2 is 2.18 bits per heavy atom. The van der Waals surface area contributed by atoms with Crippen molar-refractivity contribution in [1.82, 2.24) is 10.6 Å². The number of aryl methyl sites for hydroxylation is 1. The van der Waals surface area contributed by atoms with Crippen molar-refractivity contribution < 1.29 is 47.0 Å². The summed E-state index contributed by atoms with van der Waals surface area (Å²) < 4.78 is 5.39. The number of nitrogens with zero attached hydrogens (tertiary/aromatic N) is 1. The van der Waals surface area contributed by atoms with Crippen LogP contribution in [-0.4, -0.2) is 51.3 Å². The molecule has 3 rings (SSSR count). The van der Waals surface area contributed by atoms with E-state index in [9.17, 15) is 9.59 Å². The molecule has 1 saturated heterocycles. The fourth-order valence-corrected chi connectivity index (χ4v) is 3.40. The molecular formula is C19H23N4O3SY-. The summed E-state index contributed by atoms with van der Waals surface area (Å²) in [7, 11) is 1.91. The summed E-state index contributed by atoms with van der Waals surface area (Å²) in [6, 6.07) is 9.25. The molecule has 1 aliphatic rings. The third-order valence-corrected chi connectivity index (χ3v) is 5.07. The molecule has 0 saturated carbocycles. The van der Waals surface area contributed by atoms with Crippen LogP contribution in [0.5, 0.6) is 0 Å². The minimum atomic E-state index is -0.394.